The number of aliphatic carboxylic acids is 1. The molecular formula is C22H20F2N6O3. The molecule has 0 bridgehead atoms. The van der Waals surface area contributed by atoms with E-state index < -0.39 is 17.3 Å². The Morgan fingerprint density at radius 1 is 1.18 bits per heavy atom. The second-order valence-electron chi connectivity index (χ2n) is 8.02. The Balaban J connectivity index is 1.72. The van der Waals surface area contributed by atoms with Crippen LogP contribution in [0.3, 0.4) is 0 Å². The van der Waals surface area contributed by atoms with Gasteiger partial charge in [0.2, 0.25) is 0 Å². The largest absolute Gasteiger partial charge is 0.481 e. The van der Waals surface area contributed by atoms with E-state index in [1.165, 1.54) is 17.0 Å². The second-order valence-corrected chi connectivity index (χ2v) is 8.02. The van der Waals surface area contributed by atoms with Crippen LogP contribution in [0.2, 0.25) is 0 Å². The molecule has 0 unspecified atom stereocenters. The minimum Gasteiger partial charge on any atom is -0.481 e. The molecule has 2 N–H and O–H groups in total. The van der Waals surface area contributed by atoms with Crippen molar-refractivity contribution in [1.82, 2.24) is 24.9 Å². The first-order valence-electron chi connectivity index (χ1n) is 9.97. The number of carbonyl (C=O) groups is 1. The van der Waals surface area contributed by atoms with E-state index >= 15 is 0 Å². The van der Waals surface area contributed by atoms with Crippen LogP contribution in [-0.4, -0.2) is 41.5 Å². The molecule has 0 aliphatic heterocycles. The summed E-state index contributed by atoms with van der Waals surface area (Å²) in [6, 6.07) is 9.58. The summed E-state index contributed by atoms with van der Waals surface area (Å²) in [4.78, 5) is 19.3. The van der Waals surface area contributed by atoms with Gasteiger partial charge in [-0.2, -0.15) is 5.10 Å². The minimum atomic E-state index is -1.04. The van der Waals surface area contributed by atoms with Gasteiger partial charge < -0.3 is 14.9 Å². The number of hydrogen-bond acceptors (Lipinski definition) is 7. The van der Waals surface area contributed by atoms with E-state index in [1.54, 1.807) is 44.2 Å². The number of nitrogens with zero attached hydrogens (tertiary/aromatic N) is 5. The molecule has 0 aliphatic carbocycles. The predicted octanol–water partition coefficient (Wildman–Crippen LogP) is 3.99. The number of carboxylic acids is 1. The van der Waals surface area contributed by atoms with Crippen LogP contribution in [0.1, 0.15) is 25.8 Å². The monoisotopic (exact) mass is 454 g/mol. The van der Waals surface area contributed by atoms with Crippen molar-refractivity contribution in [2.45, 2.75) is 32.4 Å². The Bertz CT molecular complexity index is 1290. The van der Waals surface area contributed by atoms with Gasteiger partial charge in [-0.05, 0) is 26.0 Å². The van der Waals surface area contributed by atoms with Crippen molar-refractivity contribution in [3.05, 3.63) is 66.1 Å². The summed E-state index contributed by atoms with van der Waals surface area (Å²) >= 11 is 0. The van der Waals surface area contributed by atoms with Gasteiger partial charge in [-0.15, -0.1) is 0 Å². The molecule has 0 atom stereocenters. The average Bonchev–Trinajstić information content (AvgIpc) is 3.40. The van der Waals surface area contributed by atoms with E-state index in [9.17, 15) is 13.6 Å². The molecule has 0 saturated heterocycles. The second kappa shape index (κ2) is 8.77. The fourth-order valence-corrected chi connectivity index (χ4v) is 3.31. The maximum absolute atomic E-state index is 14.4. The molecular weight excluding hydrogens is 434 g/mol. The molecule has 0 spiro atoms. The Hall–Kier alpha value is -4.15. The highest BCUT2D eigenvalue weighted by Gasteiger charge is 2.25. The van der Waals surface area contributed by atoms with Crippen LogP contribution >= 0.6 is 0 Å². The van der Waals surface area contributed by atoms with E-state index in [2.05, 4.69) is 25.5 Å². The molecule has 3 heterocycles. The summed E-state index contributed by atoms with van der Waals surface area (Å²) in [5, 5.41) is 20.3. The maximum Gasteiger partial charge on any atom is 0.305 e. The third-order valence-corrected chi connectivity index (χ3v) is 4.78. The lowest BCUT2D eigenvalue weighted by atomic mass is 10.0. The van der Waals surface area contributed by atoms with Crippen LogP contribution in [0.4, 0.5) is 14.6 Å². The molecule has 0 aliphatic rings. The highest BCUT2D eigenvalue weighted by Crippen LogP contribution is 2.27. The zero-order valence-corrected chi connectivity index (χ0v) is 17.8. The summed E-state index contributed by atoms with van der Waals surface area (Å²) in [5.74, 6) is -2.21. The number of halogens is 2. The van der Waals surface area contributed by atoms with Crippen LogP contribution in [0, 0.1) is 11.6 Å². The number of aromatic nitrogens is 5. The molecule has 33 heavy (non-hydrogen) atoms. The smallest absolute Gasteiger partial charge is 0.305 e. The molecule has 0 saturated carbocycles. The highest BCUT2D eigenvalue weighted by molar-refractivity contribution is 5.69. The van der Waals surface area contributed by atoms with Gasteiger partial charge in [0.15, 0.2) is 17.5 Å². The molecule has 0 amide bonds. The summed E-state index contributed by atoms with van der Waals surface area (Å²) < 4.78 is 35.1. The van der Waals surface area contributed by atoms with Crippen molar-refractivity contribution in [2.75, 3.05) is 5.32 Å². The Morgan fingerprint density at radius 2 is 1.97 bits per heavy atom. The lowest BCUT2D eigenvalue weighted by Gasteiger charge is -2.25. The highest BCUT2D eigenvalue weighted by atomic mass is 19.1. The van der Waals surface area contributed by atoms with Crippen molar-refractivity contribution >= 4 is 11.8 Å². The van der Waals surface area contributed by atoms with Crippen molar-refractivity contribution in [2.24, 2.45) is 0 Å². The molecule has 4 aromatic rings. The maximum atomic E-state index is 14.4. The third kappa shape index (κ3) is 5.03. The van der Waals surface area contributed by atoms with E-state index in [1.807, 2.05) is 0 Å². The quantitative estimate of drug-likeness (QED) is 0.410. The van der Waals surface area contributed by atoms with Crippen molar-refractivity contribution < 1.29 is 23.2 Å². The summed E-state index contributed by atoms with van der Waals surface area (Å²) in [6.45, 7) is 3.34. The first-order chi connectivity index (χ1) is 15.7. The van der Waals surface area contributed by atoms with Gasteiger partial charge in [0.1, 0.15) is 23.5 Å². The number of nitrogens with one attached hydrogen (secondary N) is 1. The Labute approximate surface area is 187 Å². The predicted molar refractivity (Wildman–Crippen MR) is 114 cm³/mol. The van der Waals surface area contributed by atoms with E-state index in [-0.39, 0.29) is 30.4 Å². The van der Waals surface area contributed by atoms with Gasteiger partial charge in [0.05, 0.1) is 24.9 Å². The van der Waals surface area contributed by atoms with Gasteiger partial charge in [-0.25, -0.2) is 18.7 Å². The summed E-state index contributed by atoms with van der Waals surface area (Å²) in [7, 11) is 0. The van der Waals surface area contributed by atoms with Crippen LogP contribution < -0.4 is 5.32 Å². The molecule has 170 valence electrons. The number of rotatable bonds is 8. The van der Waals surface area contributed by atoms with E-state index in [0.717, 1.165) is 6.20 Å². The van der Waals surface area contributed by atoms with E-state index in [4.69, 9.17) is 9.63 Å². The average molecular weight is 454 g/mol. The zero-order chi connectivity index (χ0) is 23.6. The molecule has 0 radical (unpaired) electrons. The first kappa shape index (κ1) is 22.1. The van der Waals surface area contributed by atoms with Gasteiger partial charge in [0.25, 0.3) is 0 Å². The molecule has 11 heteroatoms. The number of benzene rings is 1. The SMILES string of the molecule is CC(C)(CC(=O)O)Nc1nc(-c2cc(-c3ccon3)n(Cc3ccccc3F)n2)ncc1F. The van der Waals surface area contributed by atoms with Gasteiger partial charge in [-0.3, -0.25) is 9.48 Å². The molecule has 9 nitrogen and oxygen atoms in total. The fourth-order valence-electron chi connectivity index (χ4n) is 3.31. The normalized spacial score (nSPS) is 11.5. The van der Waals surface area contributed by atoms with E-state index in [0.29, 0.717) is 22.6 Å². The molecule has 1 aromatic carbocycles. The number of carboxylic acid groups (broad SMARTS) is 1. The lowest BCUT2D eigenvalue weighted by Crippen LogP contribution is -2.34. The fraction of sp³-hybridized carbons (Fsp3) is 0.227. The summed E-state index contributed by atoms with van der Waals surface area (Å²) in [6.07, 6.45) is 2.13. The van der Waals surface area contributed by atoms with Crippen molar-refractivity contribution in [1.29, 1.82) is 0 Å². The Morgan fingerprint density at radius 3 is 2.67 bits per heavy atom. The third-order valence-electron chi connectivity index (χ3n) is 4.78. The van der Waals surface area contributed by atoms with Crippen LogP contribution in [-0.2, 0) is 11.3 Å². The van der Waals surface area contributed by atoms with Crippen LogP contribution in [0.5, 0.6) is 0 Å². The Kier molecular flexibility index (Phi) is 5.86. The topological polar surface area (TPSA) is 119 Å². The zero-order valence-electron chi connectivity index (χ0n) is 17.8. The lowest BCUT2D eigenvalue weighted by molar-refractivity contribution is -0.137. The van der Waals surface area contributed by atoms with Crippen molar-refractivity contribution in [3.8, 4) is 22.9 Å². The van der Waals surface area contributed by atoms with Crippen LogP contribution in [0.15, 0.2) is 53.4 Å². The molecule has 3 aromatic heterocycles. The number of hydrogen-bond donors (Lipinski definition) is 2. The summed E-state index contributed by atoms with van der Waals surface area (Å²) in [5.41, 5.74) is 0.732. The van der Waals surface area contributed by atoms with Gasteiger partial charge in [0, 0.05) is 17.2 Å². The molecule has 0 fully saturated rings. The van der Waals surface area contributed by atoms with Crippen molar-refractivity contribution in [3.63, 3.8) is 0 Å². The minimum absolute atomic E-state index is 0.0991. The number of anilines is 1. The van der Waals surface area contributed by atoms with Gasteiger partial charge >= 0.3 is 5.97 Å². The standard InChI is InChI=1S/C22H20F2N6O3/c1-22(2,10-19(31)32)27-20-15(24)11-25-21(26-20)17-9-18(16-7-8-33-29-16)30(28-17)12-13-5-3-4-6-14(13)23/h3-9,11H,10,12H2,1-2H3,(H,31,32)(H,25,26,27). The molecule has 4 rings (SSSR count). The first-order valence-corrected chi connectivity index (χ1v) is 9.97. The van der Waals surface area contributed by atoms with Crippen LogP contribution in [0.25, 0.3) is 22.9 Å². The van der Waals surface area contributed by atoms with Gasteiger partial charge in [-0.1, -0.05) is 23.4 Å².